The highest BCUT2D eigenvalue weighted by atomic mass is 32.2. The van der Waals surface area contributed by atoms with Crippen LogP contribution in [0.1, 0.15) is 45.4 Å². The van der Waals surface area contributed by atoms with Gasteiger partial charge in [-0.05, 0) is 44.4 Å². The molecule has 0 radical (unpaired) electrons. The Kier molecular flexibility index (Phi) is 4.03. The van der Waals surface area contributed by atoms with Gasteiger partial charge in [0.15, 0.2) is 0 Å². The van der Waals surface area contributed by atoms with E-state index in [9.17, 15) is 13.2 Å². The molecule has 120 valence electrons. The average Bonchev–Trinajstić information content (AvgIpc) is 3.22. The molecule has 2 heterocycles. The number of sulfonamides is 1. The van der Waals surface area contributed by atoms with Gasteiger partial charge in [-0.15, -0.1) is 0 Å². The first-order valence-electron chi connectivity index (χ1n) is 8.24. The number of hydrogen-bond acceptors (Lipinski definition) is 3. The largest absolute Gasteiger partial charge is 0.342 e. The molecule has 1 amide bonds. The number of piperidine rings is 1. The van der Waals surface area contributed by atoms with E-state index in [1.54, 1.807) is 4.31 Å². The fourth-order valence-corrected chi connectivity index (χ4v) is 5.40. The van der Waals surface area contributed by atoms with Crippen molar-refractivity contribution in [2.24, 2.45) is 11.3 Å². The van der Waals surface area contributed by atoms with Gasteiger partial charge < -0.3 is 4.90 Å². The van der Waals surface area contributed by atoms with Crippen LogP contribution in [-0.4, -0.2) is 55.5 Å². The van der Waals surface area contributed by atoms with Crippen LogP contribution in [-0.2, 0) is 14.8 Å². The summed E-state index contributed by atoms with van der Waals surface area (Å²) in [5.41, 5.74) is -0.423. The molecule has 21 heavy (non-hydrogen) atoms. The van der Waals surface area contributed by atoms with E-state index < -0.39 is 15.4 Å². The lowest BCUT2D eigenvalue weighted by atomic mass is 9.79. The summed E-state index contributed by atoms with van der Waals surface area (Å²) in [5, 5.41) is 0. The maximum Gasteiger partial charge on any atom is 0.230 e. The Labute approximate surface area is 127 Å². The highest BCUT2D eigenvalue weighted by Gasteiger charge is 2.51. The summed E-state index contributed by atoms with van der Waals surface area (Å²) in [4.78, 5) is 14.8. The highest BCUT2D eigenvalue weighted by Crippen LogP contribution is 2.42. The molecule has 2 saturated heterocycles. The molecule has 1 spiro atoms. The normalized spacial score (nSPS) is 31.3. The number of rotatable bonds is 5. The van der Waals surface area contributed by atoms with Crippen LogP contribution in [0.4, 0.5) is 0 Å². The van der Waals surface area contributed by atoms with Crippen LogP contribution in [0.15, 0.2) is 0 Å². The molecule has 0 unspecified atom stereocenters. The van der Waals surface area contributed by atoms with Crippen LogP contribution in [0.2, 0.25) is 0 Å². The molecule has 0 aromatic heterocycles. The fraction of sp³-hybridized carbons (Fsp3) is 0.933. The van der Waals surface area contributed by atoms with Gasteiger partial charge in [0.05, 0.1) is 11.2 Å². The third kappa shape index (κ3) is 2.97. The number of carbonyl (C=O) groups is 1. The second kappa shape index (κ2) is 5.54. The van der Waals surface area contributed by atoms with Crippen LogP contribution in [0, 0.1) is 11.3 Å². The van der Waals surface area contributed by atoms with E-state index in [0.717, 1.165) is 32.4 Å². The molecule has 0 aromatic rings. The van der Waals surface area contributed by atoms with Gasteiger partial charge in [0.1, 0.15) is 0 Å². The molecule has 3 fully saturated rings. The van der Waals surface area contributed by atoms with Gasteiger partial charge in [-0.1, -0.05) is 6.92 Å². The monoisotopic (exact) mass is 314 g/mol. The first-order valence-corrected chi connectivity index (χ1v) is 9.85. The lowest BCUT2D eigenvalue weighted by Crippen LogP contribution is -2.50. The van der Waals surface area contributed by atoms with E-state index in [2.05, 4.69) is 0 Å². The van der Waals surface area contributed by atoms with Crippen LogP contribution in [0.5, 0.6) is 0 Å². The fourth-order valence-electron chi connectivity index (χ4n) is 3.77. The molecule has 1 saturated carbocycles. The summed E-state index contributed by atoms with van der Waals surface area (Å²) in [6, 6.07) is 0. The topological polar surface area (TPSA) is 57.7 Å². The van der Waals surface area contributed by atoms with Crippen LogP contribution in [0.25, 0.3) is 0 Å². The first-order chi connectivity index (χ1) is 9.97. The van der Waals surface area contributed by atoms with Gasteiger partial charge in [-0.25, -0.2) is 12.7 Å². The third-order valence-corrected chi connectivity index (χ3v) is 7.20. The van der Waals surface area contributed by atoms with Gasteiger partial charge in [0.25, 0.3) is 0 Å². The Bertz CT molecular complexity index is 515. The zero-order valence-corrected chi connectivity index (χ0v) is 13.7. The molecule has 3 aliphatic rings. The van der Waals surface area contributed by atoms with Crippen molar-refractivity contribution < 1.29 is 13.2 Å². The van der Waals surface area contributed by atoms with E-state index in [0.29, 0.717) is 25.4 Å². The van der Waals surface area contributed by atoms with Crippen LogP contribution in [0.3, 0.4) is 0 Å². The maximum atomic E-state index is 12.8. The zero-order valence-electron chi connectivity index (χ0n) is 12.9. The number of likely N-dealkylation sites (tertiary alicyclic amines) is 1. The first kappa shape index (κ1) is 15.3. The van der Waals surface area contributed by atoms with Crippen molar-refractivity contribution in [2.75, 3.05) is 31.9 Å². The number of carbonyl (C=O) groups excluding carboxylic acids is 1. The lowest BCUT2D eigenvalue weighted by molar-refractivity contribution is -0.138. The maximum absolute atomic E-state index is 12.8. The van der Waals surface area contributed by atoms with Crippen molar-refractivity contribution in [3.05, 3.63) is 0 Å². The summed E-state index contributed by atoms with van der Waals surface area (Å²) >= 11 is 0. The summed E-state index contributed by atoms with van der Waals surface area (Å²) in [7, 11) is -3.19. The van der Waals surface area contributed by atoms with Crippen molar-refractivity contribution >= 4 is 15.9 Å². The van der Waals surface area contributed by atoms with E-state index in [1.165, 1.54) is 12.8 Å². The standard InChI is InChI=1S/C15H26N2O3S/c1-2-10-21(19,20)17-8-3-6-15(12-17)7-9-16(14(15)18)11-13-4-5-13/h13H,2-12H2,1H3/t15-/m0/s1. The Hall–Kier alpha value is -0.620. The Morgan fingerprint density at radius 1 is 1.24 bits per heavy atom. The molecular formula is C15H26N2O3S. The molecule has 0 bridgehead atoms. The second-order valence-corrected chi connectivity index (χ2v) is 9.07. The summed E-state index contributed by atoms with van der Waals surface area (Å²) in [6.07, 6.45) is 5.61. The van der Waals surface area contributed by atoms with E-state index in [1.807, 2.05) is 11.8 Å². The van der Waals surface area contributed by atoms with E-state index in [-0.39, 0.29) is 11.7 Å². The van der Waals surface area contributed by atoms with Crippen LogP contribution >= 0.6 is 0 Å². The van der Waals surface area contributed by atoms with Gasteiger partial charge in [-0.2, -0.15) is 0 Å². The summed E-state index contributed by atoms with van der Waals surface area (Å²) < 4.78 is 26.2. The highest BCUT2D eigenvalue weighted by molar-refractivity contribution is 7.89. The van der Waals surface area contributed by atoms with Gasteiger partial charge in [0, 0.05) is 26.2 Å². The molecule has 0 N–H and O–H groups in total. The molecule has 0 aromatic carbocycles. The zero-order chi connectivity index (χ0) is 15.1. The predicted octanol–water partition coefficient (Wildman–Crippen LogP) is 1.45. The Morgan fingerprint density at radius 3 is 2.67 bits per heavy atom. The average molecular weight is 314 g/mol. The van der Waals surface area contributed by atoms with E-state index >= 15 is 0 Å². The van der Waals surface area contributed by atoms with E-state index in [4.69, 9.17) is 0 Å². The molecule has 3 rings (SSSR count). The minimum Gasteiger partial charge on any atom is -0.342 e. The molecule has 1 atom stereocenters. The molecule has 6 heteroatoms. The van der Waals surface area contributed by atoms with Gasteiger partial charge in [0.2, 0.25) is 15.9 Å². The second-order valence-electron chi connectivity index (χ2n) is 6.98. The Morgan fingerprint density at radius 2 is 2.00 bits per heavy atom. The molecule has 2 aliphatic heterocycles. The van der Waals surface area contributed by atoms with Crippen molar-refractivity contribution in [2.45, 2.75) is 45.4 Å². The minimum absolute atomic E-state index is 0.197. The predicted molar refractivity (Wildman–Crippen MR) is 81.2 cm³/mol. The molecular weight excluding hydrogens is 288 g/mol. The van der Waals surface area contributed by atoms with Gasteiger partial charge >= 0.3 is 0 Å². The lowest BCUT2D eigenvalue weighted by Gasteiger charge is -2.38. The van der Waals surface area contributed by atoms with Crippen LogP contribution < -0.4 is 0 Å². The third-order valence-electron chi connectivity index (χ3n) is 5.17. The Balaban J connectivity index is 1.71. The molecule has 1 aliphatic carbocycles. The van der Waals surface area contributed by atoms with Crippen molar-refractivity contribution in [1.29, 1.82) is 0 Å². The molecule has 5 nitrogen and oxygen atoms in total. The van der Waals surface area contributed by atoms with Crippen molar-refractivity contribution in [1.82, 2.24) is 9.21 Å². The smallest absolute Gasteiger partial charge is 0.230 e. The van der Waals surface area contributed by atoms with Gasteiger partial charge in [-0.3, -0.25) is 4.79 Å². The number of nitrogens with zero attached hydrogens (tertiary/aromatic N) is 2. The minimum atomic E-state index is -3.19. The van der Waals surface area contributed by atoms with Crippen molar-refractivity contribution in [3.8, 4) is 0 Å². The summed E-state index contributed by atoms with van der Waals surface area (Å²) in [6.45, 7) is 4.59. The number of amides is 1. The SMILES string of the molecule is CCCS(=O)(=O)N1CCC[C@]2(CCN(CC3CC3)C2=O)C1. The quantitative estimate of drug-likeness (QED) is 0.772. The van der Waals surface area contributed by atoms with Crippen molar-refractivity contribution in [3.63, 3.8) is 0 Å². The number of hydrogen-bond donors (Lipinski definition) is 0. The summed E-state index contributed by atoms with van der Waals surface area (Å²) in [5.74, 6) is 1.11.